The van der Waals surface area contributed by atoms with Gasteiger partial charge in [-0.05, 0) is 55.3 Å². The summed E-state index contributed by atoms with van der Waals surface area (Å²) in [6.45, 7) is 3.18. The quantitative estimate of drug-likeness (QED) is 0.196. The predicted octanol–water partition coefficient (Wildman–Crippen LogP) is 6.35. The van der Waals surface area contributed by atoms with Gasteiger partial charge in [0.25, 0.3) is 10.0 Å². The van der Waals surface area contributed by atoms with E-state index in [0.717, 1.165) is 15.4 Å². The van der Waals surface area contributed by atoms with E-state index >= 15 is 0 Å². The van der Waals surface area contributed by atoms with Gasteiger partial charge in [-0.1, -0.05) is 102 Å². The molecule has 7 nitrogen and oxygen atoms in total. The van der Waals surface area contributed by atoms with Crippen LogP contribution in [-0.4, -0.2) is 43.8 Å². The third-order valence-corrected chi connectivity index (χ3v) is 8.87. The van der Waals surface area contributed by atoms with E-state index in [0.29, 0.717) is 0 Å². The smallest absolute Gasteiger partial charge is 0.264 e. The average molecular weight is 639 g/mol. The summed E-state index contributed by atoms with van der Waals surface area (Å²) in [5.41, 5.74) is 1.77. The maximum atomic E-state index is 14.4. The van der Waals surface area contributed by atoms with E-state index in [-0.39, 0.29) is 45.5 Å². The number of rotatable bonds is 12. The number of nitrogens with one attached hydrogen (secondary N) is 1. The standard InChI is InChI=1S/C33H33Cl2N3O4S/c1-24(2)36-33(40)31(18-25-12-6-3-7-13-25)37(22-26-14-8-4-9-15-26)32(39)23-38(29-20-27(34)19-28(35)21-29)43(41,42)30-16-10-5-11-17-30/h3-17,19-21,24,31H,18,22-23H2,1-2H3,(H,36,40)/t31-/m1/s1. The molecule has 0 aliphatic carbocycles. The molecule has 0 saturated carbocycles. The van der Waals surface area contributed by atoms with Crippen LogP contribution in [0.1, 0.15) is 25.0 Å². The van der Waals surface area contributed by atoms with Gasteiger partial charge >= 0.3 is 0 Å². The van der Waals surface area contributed by atoms with Crippen LogP contribution in [0.2, 0.25) is 10.0 Å². The predicted molar refractivity (Wildman–Crippen MR) is 172 cm³/mol. The highest BCUT2D eigenvalue weighted by atomic mass is 35.5. The van der Waals surface area contributed by atoms with E-state index in [1.807, 2.05) is 74.5 Å². The van der Waals surface area contributed by atoms with Crippen LogP contribution < -0.4 is 9.62 Å². The van der Waals surface area contributed by atoms with Crippen molar-refractivity contribution < 1.29 is 18.0 Å². The fourth-order valence-electron chi connectivity index (χ4n) is 4.65. The lowest BCUT2D eigenvalue weighted by molar-refractivity contribution is -0.140. The highest BCUT2D eigenvalue weighted by Crippen LogP contribution is 2.30. The van der Waals surface area contributed by atoms with E-state index in [9.17, 15) is 18.0 Å². The van der Waals surface area contributed by atoms with Gasteiger partial charge in [0.2, 0.25) is 11.8 Å². The average Bonchev–Trinajstić information content (AvgIpc) is 2.98. The van der Waals surface area contributed by atoms with E-state index in [1.165, 1.54) is 35.2 Å². The molecule has 0 saturated heterocycles. The zero-order valence-corrected chi connectivity index (χ0v) is 26.2. The van der Waals surface area contributed by atoms with Crippen molar-refractivity contribution in [2.24, 2.45) is 0 Å². The molecule has 1 N–H and O–H groups in total. The molecule has 0 radical (unpaired) electrons. The summed E-state index contributed by atoms with van der Waals surface area (Å²) in [6.07, 6.45) is 0.229. The molecular formula is C33H33Cl2N3O4S. The Hall–Kier alpha value is -3.85. The molecule has 0 heterocycles. The summed E-state index contributed by atoms with van der Waals surface area (Å²) in [4.78, 5) is 29.5. The van der Waals surface area contributed by atoms with Crippen molar-refractivity contribution in [2.75, 3.05) is 10.8 Å². The molecule has 224 valence electrons. The van der Waals surface area contributed by atoms with Crippen molar-refractivity contribution in [1.82, 2.24) is 10.2 Å². The zero-order valence-electron chi connectivity index (χ0n) is 23.9. The third-order valence-electron chi connectivity index (χ3n) is 6.64. The summed E-state index contributed by atoms with van der Waals surface area (Å²) >= 11 is 12.5. The minimum Gasteiger partial charge on any atom is -0.352 e. The molecule has 4 aromatic rings. The lowest BCUT2D eigenvalue weighted by Gasteiger charge is -2.34. The molecule has 2 amide bonds. The van der Waals surface area contributed by atoms with Crippen LogP contribution in [0.3, 0.4) is 0 Å². The van der Waals surface area contributed by atoms with E-state index < -0.39 is 28.5 Å². The molecule has 0 aliphatic heterocycles. The lowest BCUT2D eigenvalue weighted by Crippen LogP contribution is -2.54. The van der Waals surface area contributed by atoms with Gasteiger partial charge < -0.3 is 10.2 Å². The van der Waals surface area contributed by atoms with Gasteiger partial charge in [-0.15, -0.1) is 0 Å². The number of halogens is 2. The second-order valence-electron chi connectivity index (χ2n) is 10.3. The number of carbonyl (C=O) groups is 2. The maximum Gasteiger partial charge on any atom is 0.264 e. The molecule has 0 bridgehead atoms. The Morgan fingerprint density at radius 1 is 0.767 bits per heavy atom. The minimum atomic E-state index is -4.24. The zero-order chi connectivity index (χ0) is 31.0. The van der Waals surface area contributed by atoms with E-state index in [1.54, 1.807) is 18.2 Å². The molecule has 4 rings (SSSR count). The highest BCUT2D eigenvalue weighted by molar-refractivity contribution is 7.92. The largest absolute Gasteiger partial charge is 0.352 e. The van der Waals surface area contributed by atoms with Crippen molar-refractivity contribution in [2.45, 2.75) is 43.8 Å². The van der Waals surface area contributed by atoms with Crippen molar-refractivity contribution in [3.63, 3.8) is 0 Å². The second-order valence-corrected chi connectivity index (χ2v) is 13.1. The number of benzene rings is 4. The molecule has 0 fully saturated rings. The monoisotopic (exact) mass is 637 g/mol. The summed E-state index contributed by atoms with van der Waals surface area (Å²) in [5, 5.41) is 3.36. The normalized spacial score (nSPS) is 12.0. The molecule has 4 aromatic carbocycles. The first-order valence-electron chi connectivity index (χ1n) is 13.8. The number of anilines is 1. The Kier molecular flexibility index (Phi) is 10.9. The van der Waals surface area contributed by atoms with Gasteiger partial charge in [0.1, 0.15) is 12.6 Å². The first-order valence-corrected chi connectivity index (χ1v) is 16.0. The molecule has 10 heteroatoms. The Labute approximate surface area is 263 Å². The number of nitrogens with zero attached hydrogens (tertiary/aromatic N) is 2. The summed E-state index contributed by atoms with van der Waals surface area (Å²) in [6, 6.07) is 29.7. The lowest BCUT2D eigenvalue weighted by atomic mass is 10.0. The van der Waals surface area contributed by atoms with Crippen LogP contribution in [-0.2, 0) is 32.6 Å². The Bertz CT molecular complexity index is 1620. The summed E-state index contributed by atoms with van der Waals surface area (Å²) in [7, 11) is -4.24. The van der Waals surface area contributed by atoms with Crippen molar-refractivity contribution in [1.29, 1.82) is 0 Å². The Morgan fingerprint density at radius 2 is 1.28 bits per heavy atom. The van der Waals surface area contributed by atoms with Crippen molar-refractivity contribution in [3.8, 4) is 0 Å². The third kappa shape index (κ3) is 8.60. The van der Waals surface area contributed by atoms with E-state index in [2.05, 4.69) is 5.32 Å². The second kappa shape index (κ2) is 14.6. The molecule has 0 aliphatic rings. The summed E-state index contributed by atoms with van der Waals surface area (Å²) < 4.78 is 29.0. The van der Waals surface area contributed by atoms with Gasteiger partial charge in [-0.25, -0.2) is 8.42 Å². The van der Waals surface area contributed by atoms with Crippen molar-refractivity contribution >= 4 is 50.7 Å². The van der Waals surface area contributed by atoms with Crippen LogP contribution >= 0.6 is 23.2 Å². The number of carbonyl (C=O) groups excluding carboxylic acids is 2. The Balaban J connectivity index is 1.81. The van der Waals surface area contributed by atoms with Gasteiger partial charge in [0.05, 0.1) is 10.6 Å². The van der Waals surface area contributed by atoms with Crippen LogP contribution in [0.4, 0.5) is 5.69 Å². The summed E-state index contributed by atoms with van der Waals surface area (Å²) in [5.74, 6) is -0.911. The highest BCUT2D eigenvalue weighted by Gasteiger charge is 2.35. The number of amides is 2. The molecule has 0 spiro atoms. The SMILES string of the molecule is CC(C)NC(=O)[C@@H](Cc1ccccc1)N(Cc1ccccc1)C(=O)CN(c1cc(Cl)cc(Cl)c1)S(=O)(=O)c1ccccc1. The minimum absolute atomic E-state index is 0.00751. The van der Waals surface area contributed by atoms with Crippen LogP contribution in [0.15, 0.2) is 114 Å². The van der Waals surface area contributed by atoms with Gasteiger partial charge in [-0.3, -0.25) is 13.9 Å². The first kappa shape index (κ1) is 32.1. The molecular weight excluding hydrogens is 605 g/mol. The fraction of sp³-hybridized carbons (Fsp3) is 0.212. The Morgan fingerprint density at radius 3 is 1.81 bits per heavy atom. The first-order chi connectivity index (χ1) is 20.5. The molecule has 1 atom stereocenters. The molecule has 0 unspecified atom stereocenters. The number of hydrogen-bond donors (Lipinski definition) is 1. The maximum absolute atomic E-state index is 14.4. The van der Waals surface area contributed by atoms with Crippen LogP contribution in [0.25, 0.3) is 0 Å². The topological polar surface area (TPSA) is 86.8 Å². The molecule has 0 aromatic heterocycles. The van der Waals surface area contributed by atoms with Gasteiger partial charge in [-0.2, -0.15) is 0 Å². The van der Waals surface area contributed by atoms with Gasteiger partial charge in [0.15, 0.2) is 0 Å². The van der Waals surface area contributed by atoms with Gasteiger partial charge in [0, 0.05) is 29.1 Å². The van der Waals surface area contributed by atoms with E-state index in [4.69, 9.17) is 23.2 Å². The molecule has 43 heavy (non-hydrogen) atoms. The van der Waals surface area contributed by atoms with Crippen LogP contribution in [0.5, 0.6) is 0 Å². The fourth-order valence-corrected chi connectivity index (χ4v) is 6.58. The number of sulfonamides is 1. The number of hydrogen-bond acceptors (Lipinski definition) is 4. The van der Waals surface area contributed by atoms with Crippen molar-refractivity contribution in [3.05, 3.63) is 130 Å². The van der Waals surface area contributed by atoms with Crippen LogP contribution in [0, 0.1) is 0 Å².